The lowest BCUT2D eigenvalue weighted by Gasteiger charge is -2.23. The number of hydrogen-bond acceptors (Lipinski definition) is 4. The van der Waals surface area contributed by atoms with E-state index < -0.39 is 11.5 Å². The number of carbonyl (C=O) groups is 2. The third-order valence-electron chi connectivity index (χ3n) is 3.26. The van der Waals surface area contributed by atoms with Gasteiger partial charge in [0.2, 0.25) is 5.91 Å². The van der Waals surface area contributed by atoms with Crippen LogP contribution in [0.25, 0.3) is 0 Å². The number of aryl methyl sites for hydroxylation is 1. The summed E-state index contributed by atoms with van der Waals surface area (Å²) in [6, 6.07) is 7.77. The van der Waals surface area contributed by atoms with Crippen molar-refractivity contribution < 1.29 is 19.4 Å². The van der Waals surface area contributed by atoms with Crippen LogP contribution >= 0.6 is 11.8 Å². The van der Waals surface area contributed by atoms with Crippen molar-refractivity contribution in [1.82, 2.24) is 5.32 Å². The minimum absolute atomic E-state index is 0.0309. The zero-order valence-electron chi connectivity index (χ0n) is 11.2. The van der Waals surface area contributed by atoms with E-state index >= 15 is 0 Å². The summed E-state index contributed by atoms with van der Waals surface area (Å²) in [6.45, 7) is 2.37. The molecule has 1 aromatic rings. The van der Waals surface area contributed by atoms with Gasteiger partial charge in [0.05, 0.1) is 12.4 Å². The van der Waals surface area contributed by atoms with E-state index in [9.17, 15) is 14.7 Å². The number of thioether (sulfide) groups is 1. The molecule has 2 rings (SSSR count). The highest BCUT2D eigenvalue weighted by Crippen LogP contribution is 2.23. The van der Waals surface area contributed by atoms with Crippen molar-refractivity contribution in [3.8, 4) is 0 Å². The topological polar surface area (TPSA) is 75.6 Å². The first-order valence-corrected chi connectivity index (χ1v) is 7.33. The van der Waals surface area contributed by atoms with Gasteiger partial charge in [0, 0.05) is 17.9 Å². The summed E-state index contributed by atoms with van der Waals surface area (Å²) in [5.74, 6) is -1.13. The number of benzene rings is 1. The molecule has 1 unspecified atom stereocenters. The Kier molecular flexibility index (Phi) is 4.67. The lowest BCUT2D eigenvalue weighted by atomic mass is 9.99. The number of nitrogens with one attached hydrogen (secondary N) is 1. The van der Waals surface area contributed by atoms with Crippen LogP contribution in [-0.2, 0) is 14.3 Å². The molecular weight excluding hydrogens is 278 g/mol. The Hall–Kier alpha value is -1.53. The standard InChI is InChI=1S/C14H17NO4S/c1-10-4-2-3-5-11(10)20-8-12(16)15-14(13(17)18)6-7-19-9-14/h2-5H,6-9H2,1H3,(H,15,16)(H,17,18). The molecular formula is C14H17NO4S. The Morgan fingerprint density at radius 2 is 2.20 bits per heavy atom. The largest absolute Gasteiger partial charge is 0.479 e. The van der Waals surface area contributed by atoms with Gasteiger partial charge >= 0.3 is 5.97 Å². The van der Waals surface area contributed by atoms with E-state index in [0.29, 0.717) is 13.0 Å². The van der Waals surface area contributed by atoms with E-state index in [2.05, 4.69) is 5.32 Å². The quantitative estimate of drug-likeness (QED) is 0.804. The smallest absolute Gasteiger partial charge is 0.331 e. The molecule has 1 aliphatic rings. The maximum absolute atomic E-state index is 11.9. The maximum Gasteiger partial charge on any atom is 0.331 e. The Labute approximate surface area is 121 Å². The number of ether oxygens (including phenoxy) is 1. The molecule has 0 aromatic heterocycles. The molecule has 1 atom stereocenters. The highest BCUT2D eigenvalue weighted by atomic mass is 32.2. The summed E-state index contributed by atoms with van der Waals surface area (Å²) in [6.07, 6.45) is 0.309. The monoisotopic (exact) mass is 295 g/mol. The summed E-state index contributed by atoms with van der Waals surface area (Å²) in [4.78, 5) is 24.3. The molecule has 0 radical (unpaired) electrons. The minimum atomic E-state index is -1.26. The van der Waals surface area contributed by atoms with Crippen molar-refractivity contribution in [2.75, 3.05) is 19.0 Å². The molecule has 0 spiro atoms. The highest BCUT2D eigenvalue weighted by Gasteiger charge is 2.43. The average Bonchev–Trinajstić information content (AvgIpc) is 2.88. The van der Waals surface area contributed by atoms with Crippen LogP contribution in [-0.4, -0.2) is 41.5 Å². The summed E-state index contributed by atoms with van der Waals surface area (Å²) in [5.41, 5.74) is -0.161. The molecule has 1 heterocycles. The first-order valence-electron chi connectivity index (χ1n) is 6.34. The second kappa shape index (κ2) is 6.28. The maximum atomic E-state index is 11.9. The zero-order valence-corrected chi connectivity index (χ0v) is 12.0. The molecule has 1 fully saturated rings. The van der Waals surface area contributed by atoms with Crippen LogP contribution in [0.3, 0.4) is 0 Å². The van der Waals surface area contributed by atoms with Gasteiger partial charge in [-0.25, -0.2) is 4.79 Å². The first-order chi connectivity index (χ1) is 9.53. The van der Waals surface area contributed by atoms with Crippen molar-refractivity contribution >= 4 is 23.6 Å². The average molecular weight is 295 g/mol. The van der Waals surface area contributed by atoms with Crippen LogP contribution in [0, 0.1) is 6.92 Å². The molecule has 1 aromatic carbocycles. The van der Waals surface area contributed by atoms with E-state index in [1.165, 1.54) is 11.8 Å². The molecule has 1 amide bonds. The van der Waals surface area contributed by atoms with E-state index in [4.69, 9.17) is 4.74 Å². The molecule has 20 heavy (non-hydrogen) atoms. The van der Waals surface area contributed by atoms with Gasteiger partial charge in [-0.2, -0.15) is 0 Å². The lowest BCUT2D eigenvalue weighted by Crippen LogP contribution is -2.55. The fourth-order valence-corrected chi connectivity index (χ4v) is 2.88. The van der Waals surface area contributed by atoms with Crippen molar-refractivity contribution in [2.24, 2.45) is 0 Å². The summed E-state index contributed by atoms with van der Waals surface area (Å²) in [7, 11) is 0. The lowest BCUT2D eigenvalue weighted by molar-refractivity contribution is -0.147. The van der Waals surface area contributed by atoms with Gasteiger partial charge in [-0.15, -0.1) is 11.8 Å². The molecule has 6 heteroatoms. The highest BCUT2D eigenvalue weighted by molar-refractivity contribution is 8.00. The van der Waals surface area contributed by atoms with Crippen molar-refractivity contribution in [2.45, 2.75) is 23.8 Å². The molecule has 0 saturated carbocycles. The van der Waals surface area contributed by atoms with Gasteiger partial charge in [-0.1, -0.05) is 18.2 Å². The number of rotatable bonds is 5. The van der Waals surface area contributed by atoms with Gasteiger partial charge in [0.25, 0.3) is 0 Å². The molecule has 5 nitrogen and oxygen atoms in total. The number of aliphatic carboxylic acids is 1. The van der Waals surface area contributed by atoms with Gasteiger partial charge in [0.15, 0.2) is 5.54 Å². The van der Waals surface area contributed by atoms with E-state index in [1.807, 2.05) is 31.2 Å². The Morgan fingerprint density at radius 1 is 1.45 bits per heavy atom. The molecule has 1 aliphatic heterocycles. The predicted octanol–water partition coefficient (Wildman–Crippen LogP) is 1.45. The number of carboxylic acid groups (broad SMARTS) is 1. The Balaban J connectivity index is 1.92. The minimum Gasteiger partial charge on any atom is -0.479 e. The molecule has 2 N–H and O–H groups in total. The molecule has 0 aliphatic carbocycles. The second-order valence-corrected chi connectivity index (χ2v) is 5.81. The van der Waals surface area contributed by atoms with Crippen LogP contribution in [0.15, 0.2) is 29.2 Å². The summed E-state index contributed by atoms with van der Waals surface area (Å²) >= 11 is 1.40. The van der Waals surface area contributed by atoms with Crippen molar-refractivity contribution in [3.63, 3.8) is 0 Å². The van der Waals surface area contributed by atoms with Gasteiger partial charge in [0.1, 0.15) is 0 Å². The third-order valence-corrected chi connectivity index (χ3v) is 4.44. The Morgan fingerprint density at radius 3 is 2.80 bits per heavy atom. The van der Waals surface area contributed by atoms with Gasteiger partial charge in [-0.3, -0.25) is 4.79 Å². The summed E-state index contributed by atoms with van der Waals surface area (Å²) < 4.78 is 5.10. The van der Waals surface area contributed by atoms with E-state index in [-0.39, 0.29) is 18.3 Å². The third kappa shape index (κ3) is 3.32. The fraction of sp³-hybridized carbons (Fsp3) is 0.429. The normalized spacial score (nSPS) is 21.6. The second-order valence-electron chi connectivity index (χ2n) is 4.79. The fourth-order valence-electron chi connectivity index (χ4n) is 2.05. The van der Waals surface area contributed by atoms with E-state index in [1.54, 1.807) is 0 Å². The number of hydrogen-bond donors (Lipinski definition) is 2. The van der Waals surface area contributed by atoms with Crippen LogP contribution in [0.4, 0.5) is 0 Å². The molecule has 1 saturated heterocycles. The van der Waals surface area contributed by atoms with Crippen LogP contribution in [0.5, 0.6) is 0 Å². The van der Waals surface area contributed by atoms with Crippen molar-refractivity contribution in [3.05, 3.63) is 29.8 Å². The number of carboxylic acids is 1. The van der Waals surface area contributed by atoms with E-state index in [0.717, 1.165) is 10.5 Å². The summed E-state index contributed by atoms with van der Waals surface area (Å²) in [5, 5.41) is 11.8. The Bertz CT molecular complexity index is 512. The molecule has 108 valence electrons. The predicted molar refractivity (Wildman–Crippen MR) is 75.8 cm³/mol. The van der Waals surface area contributed by atoms with Gasteiger partial charge < -0.3 is 15.2 Å². The molecule has 0 bridgehead atoms. The zero-order chi connectivity index (χ0) is 14.6. The SMILES string of the molecule is Cc1ccccc1SCC(=O)NC1(C(=O)O)CCOC1. The first kappa shape index (κ1) is 14.9. The van der Waals surface area contributed by atoms with Crippen LogP contribution in [0.2, 0.25) is 0 Å². The number of amides is 1. The van der Waals surface area contributed by atoms with Crippen LogP contribution < -0.4 is 5.32 Å². The van der Waals surface area contributed by atoms with Gasteiger partial charge in [-0.05, 0) is 18.6 Å². The van der Waals surface area contributed by atoms with Crippen molar-refractivity contribution in [1.29, 1.82) is 0 Å². The number of carbonyl (C=O) groups excluding carboxylic acids is 1. The van der Waals surface area contributed by atoms with Crippen LogP contribution in [0.1, 0.15) is 12.0 Å².